The van der Waals surface area contributed by atoms with Crippen LogP contribution in [0.1, 0.15) is 0 Å². The zero-order chi connectivity index (χ0) is 11.5. The average Bonchev–Trinajstić information content (AvgIpc) is 2.30. The molecule has 1 saturated heterocycles. The van der Waals surface area contributed by atoms with Crippen LogP contribution in [0.3, 0.4) is 0 Å². The number of nitrogens with one attached hydrogen (secondary N) is 2. The van der Waals surface area contributed by atoms with Gasteiger partial charge in [0.1, 0.15) is 5.02 Å². The number of halogens is 1. The molecular formula is C9H12ClN5O. The number of hydrogen-bond donors (Lipinski definition) is 2. The fourth-order valence-corrected chi connectivity index (χ4v) is 1.73. The van der Waals surface area contributed by atoms with Crippen LogP contribution in [0, 0.1) is 0 Å². The first-order valence-electron chi connectivity index (χ1n) is 4.92. The number of aromatic nitrogens is 2. The Morgan fingerprint density at radius 3 is 3.12 bits per heavy atom. The van der Waals surface area contributed by atoms with Gasteiger partial charge in [-0.25, -0.2) is 4.98 Å². The fourth-order valence-electron chi connectivity index (χ4n) is 1.52. The monoisotopic (exact) mass is 241 g/mol. The van der Waals surface area contributed by atoms with Crippen molar-refractivity contribution in [3.8, 4) is 0 Å². The van der Waals surface area contributed by atoms with E-state index in [1.54, 1.807) is 7.05 Å². The summed E-state index contributed by atoms with van der Waals surface area (Å²) < 4.78 is 0. The molecule has 0 radical (unpaired) electrons. The standard InChI is InChI=1S/C9H12ClN5O/c1-11-9-13-4-6(10)8(14-9)15-3-2-12-7(16)5-15/h4H,2-3,5H2,1H3,(H,12,16)(H,11,13,14). The van der Waals surface area contributed by atoms with Crippen molar-refractivity contribution in [2.75, 3.05) is 36.9 Å². The number of piperazine rings is 1. The van der Waals surface area contributed by atoms with Gasteiger partial charge in [-0.05, 0) is 0 Å². The van der Waals surface area contributed by atoms with Crippen molar-refractivity contribution in [1.29, 1.82) is 0 Å². The summed E-state index contributed by atoms with van der Waals surface area (Å²) in [4.78, 5) is 21.3. The maximum atomic E-state index is 11.3. The Morgan fingerprint density at radius 2 is 2.44 bits per heavy atom. The summed E-state index contributed by atoms with van der Waals surface area (Å²) in [6, 6.07) is 0. The van der Waals surface area contributed by atoms with Gasteiger partial charge in [0.15, 0.2) is 5.82 Å². The summed E-state index contributed by atoms with van der Waals surface area (Å²) >= 11 is 6.01. The number of hydrogen-bond acceptors (Lipinski definition) is 5. The Balaban J connectivity index is 2.27. The van der Waals surface area contributed by atoms with Crippen LogP contribution in [0.25, 0.3) is 0 Å². The summed E-state index contributed by atoms with van der Waals surface area (Å²) in [5.74, 6) is 1.06. The zero-order valence-electron chi connectivity index (χ0n) is 8.83. The largest absolute Gasteiger partial charge is 0.357 e. The van der Waals surface area contributed by atoms with Gasteiger partial charge in [-0.1, -0.05) is 11.6 Å². The van der Waals surface area contributed by atoms with Crippen LogP contribution in [0.2, 0.25) is 5.02 Å². The third-order valence-electron chi connectivity index (χ3n) is 2.29. The lowest BCUT2D eigenvalue weighted by Crippen LogP contribution is -2.48. The summed E-state index contributed by atoms with van der Waals surface area (Å²) in [6.45, 7) is 1.58. The van der Waals surface area contributed by atoms with E-state index in [2.05, 4.69) is 20.6 Å². The van der Waals surface area contributed by atoms with Gasteiger partial charge in [-0.2, -0.15) is 4.98 Å². The van der Waals surface area contributed by atoms with Crippen LogP contribution in [0.4, 0.5) is 11.8 Å². The predicted octanol–water partition coefficient (Wildman–Crippen LogP) is 0.108. The van der Waals surface area contributed by atoms with Gasteiger partial charge < -0.3 is 15.5 Å². The van der Waals surface area contributed by atoms with E-state index in [0.717, 1.165) is 0 Å². The Morgan fingerprint density at radius 1 is 1.62 bits per heavy atom. The minimum atomic E-state index is -0.0214. The van der Waals surface area contributed by atoms with E-state index in [1.165, 1.54) is 6.20 Å². The molecule has 6 nitrogen and oxygen atoms in total. The summed E-state index contributed by atoms with van der Waals surface area (Å²) in [5.41, 5.74) is 0. The lowest BCUT2D eigenvalue weighted by molar-refractivity contribution is -0.120. The molecule has 1 aliphatic rings. The quantitative estimate of drug-likeness (QED) is 0.769. The number of anilines is 2. The van der Waals surface area contributed by atoms with Gasteiger partial charge in [0.25, 0.3) is 0 Å². The predicted molar refractivity (Wildman–Crippen MR) is 61.8 cm³/mol. The van der Waals surface area contributed by atoms with E-state index in [0.29, 0.717) is 29.9 Å². The second-order valence-corrected chi connectivity index (χ2v) is 3.79. The molecule has 0 aliphatic carbocycles. The molecule has 1 aliphatic heterocycles. The van der Waals surface area contributed by atoms with Gasteiger partial charge in [0.05, 0.1) is 12.7 Å². The van der Waals surface area contributed by atoms with Gasteiger partial charge in [-0.15, -0.1) is 0 Å². The molecule has 16 heavy (non-hydrogen) atoms. The molecule has 0 atom stereocenters. The number of carbonyl (C=O) groups is 1. The molecule has 1 aromatic heterocycles. The third kappa shape index (κ3) is 2.16. The third-order valence-corrected chi connectivity index (χ3v) is 2.55. The van der Waals surface area contributed by atoms with Gasteiger partial charge in [-0.3, -0.25) is 4.79 Å². The van der Waals surface area contributed by atoms with E-state index in [4.69, 9.17) is 11.6 Å². The smallest absolute Gasteiger partial charge is 0.239 e. The van der Waals surface area contributed by atoms with Crippen LogP contribution in [-0.2, 0) is 4.79 Å². The molecule has 1 fully saturated rings. The van der Waals surface area contributed by atoms with Crippen LogP contribution in [-0.4, -0.2) is 42.6 Å². The molecule has 0 spiro atoms. The van der Waals surface area contributed by atoms with Crippen LogP contribution < -0.4 is 15.5 Å². The second kappa shape index (κ2) is 4.52. The van der Waals surface area contributed by atoms with Crippen molar-refractivity contribution >= 4 is 29.3 Å². The summed E-state index contributed by atoms with van der Waals surface area (Å²) in [6.07, 6.45) is 1.53. The first kappa shape index (κ1) is 10.9. The van der Waals surface area contributed by atoms with Crippen molar-refractivity contribution < 1.29 is 4.79 Å². The van der Waals surface area contributed by atoms with Crippen molar-refractivity contribution in [3.05, 3.63) is 11.2 Å². The normalized spacial score (nSPS) is 15.9. The molecule has 0 aromatic carbocycles. The number of carbonyl (C=O) groups excluding carboxylic acids is 1. The molecule has 7 heteroatoms. The van der Waals surface area contributed by atoms with E-state index >= 15 is 0 Å². The van der Waals surface area contributed by atoms with Crippen LogP contribution in [0.5, 0.6) is 0 Å². The molecule has 1 aromatic rings. The molecule has 2 heterocycles. The Labute approximate surface area is 98.0 Å². The Hall–Kier alpha value is -1.56. The number of amides is 1. The van der Waals surface area contributed by atoms with Crippen molar-refractivity contribution in [2.45, 2.75) is 0 Å². The minimum absolute atomic E-state index is 0.0214. The number of rotatable bonds is 2. The zero-order valence-corrected chi connectivity index (χ0v) is 9.58. The van der Waals surface area contributed by atoms with Crippen LogP contribution >= 0.6 is 11.6 Å². The fraction of sp³-hybridized carbons (Fsp3) is 0.444. The molecule has 0 unspecified atom stereocenters. The molecule has 86 valence electrons. The van der Waals surface area contributed by atoms with Crippen molar-refractivity contribution in [1.82, 2.24) is 15.3 Å². The SMILES string of the molecule is CNc1ncc(Cl)c(N2CCNC(=O)C2)n1. The molecular weight excluding hydrogens is 230 g/mol. The highest BCUT2D eigenvalue weighted by Crippen LogP contribution is 2.23. The molecule has 0 bridgehead atoms. The first-order valence-corrected chi connectivity index (χ1v) is 5.30. The Kier molecular flexibility index (Phi) is 3.09. The lowest BCUT2D eigenvalue weighted by Gasteiger charge is -2.28. The highest BCUT2D eigenvalue weighted by atomic mass is 35.5. The maximum Gasteiger partial charge on any atom is 0.239 e. The molecule has 1 amide bonds. The summed E-state index contributed by atoms with van der Waals surface area (Å²) in [5, 5.41) is 6.04. The highest BCUT2D eigenvalue weighted by molar-refractivity contribution is 6.32. The van der Waals surface area contributed by atoms with E-state index in [9.17, 15) is 4.79 Å². The van der Waals surface area contributed by atoms with Crippen LogP contribution in [0.15, 0.2) is 6.20 Å². The number of nitrogens with zero attached hydrogens (tertiary/aromatic N) is 3. The topological polar surface area (TPSA) is 70.2 Å². The lowest BCUT2D eigenvalue weighted by atomic mass is 10.3. The minimum Gasteiger partial charge on any atom is -0.357 e. The van der Waals surface area contributed by atoms with E-state index in [-0.39, 0.29) is 12.5 Å². The second-order valence-electron chi connectivity index (χ2n) is 3.39. The molecule has 0 saturated carbocycles. The van der Waals surface area contributed by atoms with Crippen molar-refractivity contribution in [3.63, 3.8) is 0 Å². The van der Waals surface area contributed by atoms with Crippen molar-refractivity contribution in [2.24, 2.45) is 0 Å². The highest BCUT2D eigenvalue weighted by Gasteiger charge is 2.20. The molecule has 2 rings (SSSR count). The Bertz CT molecular complexity index is 411. The van der Waals surface area contributed by atoms with Gasteiger partial charge >= 0.3 is 0 Å². The average molecular weight is 242 g/mol. The molecule has 2 N–H and O–H groups in total. The maximum absolute atomic E-state index is 11.3. The van der Waals surface area contributed by atoms with E-state index in [1.807, 2.05) is 4.90 Å². The van der Waals surface area contributed by atoms with Gasteiger partial charge in [0.2, 0.25) is 11.9 Å². The first-order chi connectivity index (χ1) is 7.70. The van der Waals surface area contributed by atoms with Gasteiger partial charge in [0, 0.05) is 20.1 Å². The van der Waals surface area contributed by atoms with E-state index < -0.39 is 0 Å². The summed E-state index contributed by atoms with van der Waals surface area (Å²) in [7, 11) is 1.73.